The second-order valence-corrected chi connectivity index (χ2v) is 6.05. The Balaban J connectivity index is 0.000001000. The summed E-state index contributed by atoms with van der Waals surface area (Å²) < 4.78 is 1.53. The SMILES string of the molecule is [Cl-].[Cl-].[Zr+2][C]1=CC(c2ccccc2)=C(c2ccccc2)C1. The normalized spacial score (nSPS) is 13.4. The predicted octanol–water partition coefficient (Wildman–Crippen LogP) is -1.56. The first-order chi connectivity index (χ1) is 8.84. The summed E-state index contributed by atoms with van der Waals surface area (Å²) >= 11 is 1.52. The van der Waals surface area contributed by atoms with Crippen molar-refractivity contribution in [3.63, 3.8) is 0 Å². The van der Waals surface area contributed by atoms with Gasteiger partial charge in [0.05, 0.1) is 0 Å². The fourth-order valence-corrected chi connectivity index (χ4v) is 3.16. The second-order valence-electron chi connectivity index (χ2n) is 4.47. The van der Waals surface area contributed by atoms with Crippen molar-refractivity contribution < 1.29 is 49.5 Å². The molecule has 0 saturated carbocycles. The first-order valence-corrected chi connectivity index (χ1v) is 7.33. The molecule has 99 valence electrons. The molecule has 3 rings (SSSR count). The van der Waals surface area contributed by atoms with E-state index < -0.39 is 0 Å². The molecule has 0 amide bonds. The molecule has 0 spiro atoms. The van der Waals surface area contributed by atoms with Crippen LogP contribution in [0.1, 0.15) is 17.5 Å². The average Bonchev–Trinajstić information content (AvgIpc) is 2.83. The number of allylic oxidation sites excluding steroid dienone is 4. The summed E-state index contributed by atoms with van der Waals surface area (Å²) in [6.45, 7) is 0. The molecule has 0 nitrogen and oxygen atoms in total. The van der Waals surface area contributed by atoms with Crippen LogP contribution in [0.3, 0.4) is 0 Å². The van der Waals surface area contributed by atoms with E-state index in [0.717, 1.165) is 6.42 Å². The van der Waals surface area contributed by atoms with Crippen molar-refractivity contribution in [3.8, 4) is 0 Å². The van der Waals surface area contributed by atoms with E-state index in [2.05, 4.69) is 66.7 Å². The fraction of sp³-hybridized carbons (Fsp3) is 0.0588. The van der Waals surface area contributed by atoms with Gasteiger partial charge >= 0.3 is 123 Å². The van der Waals surface area contributed by atoms with Crippen molar-refractivity contribution in [2.24, 2.45) is 0 Å². The van der Waals surface area contributed by atoms with Crippen LogP contribution >= 0.6 is 0 Å². The van der Waals surface area contributed by atoms with Crippen molar-refractivity contribution in [2.45, 2.75) is 6.42 Å². The molecule has 0 atom stereocenters. The zero-order valence-electron chi connectivity index (χ0n) is 10.8. The molecule has 2 aromatic rings. The van der Waals surface area contributed by atoms with Gasteiger partial charge in [-0.05, 0) is 0 Å². The number of hydrogen-bond acceptors (Lipinski definition) is 0. The molecule has 0 heterocycles. The molecule has 2 aromatic carbocycles. The molecule has 0 aliphatic heterocycles. The Bertz CT molecular complexity index is 616. The summed E-state index contributed by atoms with van der Waals surface area (Å²) in [5, 5.41) is 0. The summed E-state index contributed by atoms with van der Waals surface area (Å²) in [5.41, 5.74) is 5.54. The van der Waals surface area contributed by atoms with Crippen LogP contribution in [0.2, 0.25) is 0 Å². The van der Waals surface area contributed by atoms with E-state index in [0.29, 0.717) is 0 Å². The molecule has 0 N–H and O–H groups in total. The van der Waals surface area contributed by atoms with Crippen LogP contribution in [0.15, 0.2) is 70.0 Å². The molecule has 0 radical (unpaired) electrons. The van der Waals surface area contributed by atoms with E-state index in [-0.39, 0.29) is 24.8 Å². The van der Waals surface area contributed by atoms with Gasteiger partial charge in [0.1, 0.15) is 0 Å². The predicted molar refractivity (Wildman–Crippen MR) is 72.4 cm³/mol. The number of hydrogen-bond donors (Lipinski definition) is 0. The molecular weight excluding hydrogens is 366 g/mol. The first kappa shape index (κ1) is 17.4. The zero-order chi connectivity index (χ0) is 12.4. The Morgan fingerprint density at radius 1 is 0.700 bits per heavy atom. The maximum atomic E-state index is 2.36. The molecule has 0 saturated heterocycles. The van der Waals surface area contributed by atoms with E-state index in [9.17, 15) is 0 Å². The third-order valence-electron chi connectivity index (χ3n) is 3.22. The Morgan fingerprint density at radius 3 is 1.75 bits per heavy atom. The van der Waals surface area contributed by atoms with Crippen LogP contribution in [-0.2, 0) is 24.7 Å². The van der Waals surface area contributed by atoms with E-state index >= 15 is 0 Å². The summed E-state index contributed by atoms with van der Waals surface area (Å²) in [6.07, 6.45) is 3.46. The zero-order valence-corrected chi connectivity index (χ0v) is 14.8. The Morgan fingerprint density at radius 2 is 1.20 bits per heavy atom. The minimum atomic E-state index is 0. The molecule has 0 unspecified atom stereocenters. The summed E-state index contributed by atoms with van der Waals surface area (Å²) in [7, 11) is 0. The van der Waals surface area contributed by atoms with Crippen molar-refractivity contribution in [1.82, 2.24) is 0 Å². The minimum absolute atomic E-state index is 0. The number of halogens is 2. The maximum absolute atomic E-state index is 2.36. The molecule has 0 fully saturated rings. The molecular formula is C17H13Cl2Zr. The average molecular weight is 379 g/mol. The van der Waals surface area contributed by atoms with Crippen LogP contribution in [-0.4, -0.2) is 0 Å². The summed E-state index contributed by atoms with van der Waals surface area (Å²) in [4.78, 5) is 0. The van der Waals surface area contributed by atoms with Gasteiger partial charge in [-0.2, -0.15) is 0 Å². The van der Waals surface area contributed by atoms with E-state index in [1.54, 1.807) is 0 Å². The van der Waals surface area contributed by atoms with Crippen molar-refractivity contribution >= 4 is 11.1 Å². The van der Waals surface area contributed by atoms with Crippen molar-refractivity contribution in [3.05, 3.63) is 81.1 Å². The van der Waals surface area contributed by atoms with Gasteiger partial charge in [-0.25, -0.2) is 0 Å². The Hall–Kier alpha value is -0.617. The third kappa shape index (κ3) is 3.73. The standard InChI is InChI=1S/C17H13.2ClH.Zr/c1-3-8-14(9-4-1)16-12-7-13-17(16)15-10-5-2-6-11-15;;;/h1-6,8-12H,13H2;2*1H;/q;;;+2/p-2. The van der Waals surface area contributed by atoms with Crippen molar-refractivity contribution in [2.75, 3.05) is 0 Å². The van der Waals surface area contributed by atoms with Gasteiger partial charge in [0.25, 0.3) is 0 Å². The van der Waals surface area contributed by atoms with Gasteiger partial charge in [-0.3, -0.25) is 0 Å². The van der Waals surface area contributed by atoms with Gasteiger partial charge in [-0.1, -0.05) is 0 Å². The number of benzene rings is 2. The molecule has 3 heteroatoms. The van der Waals surface area contributed by atoms with Gasteiger partial charge in [-0.15, -0.1) is 0 Å². The Kier molecular flexibility index (Phi) is 6.96. The van der Waals surface area contributed by atoms with Crippen LogP contribution < -0.4 is 24.8 Å². The molecule has 20 heavy (non-hydrogen) atoms. The first-order valence-electron chi connectivity index (χ1n) is 6.11. The quantitative estimate of drug-likeness (QED) is 0.592. The van der Waals surface area contributed by atoms with Gasteiger partial charge in [0.15, 0.2) is 0 Å². The van der Waals surface area contributed by atoms with Crippen molar-refractivity contribution in [1.29, 1.82) is 0 Å². The molecule has 0 bridgehead atoms. The topological polar surface area (TPSA) is 0 Å². The Labute approximate surface area is 147 Å². The van der Waals surface area contributed by atoms with E-state index in [1.807, 2.05) is 0 Å². The van der Waals surface area contributed by atoms with Gasteiger partial charge < -0.3 is 24.8 Å². The van der Waals surface area contributed by atoms with E-state index in [1.165, 1.54) is 50.3 Å². The molecule has 1 aliphatic carbocycles. The van der Waals surface area contributed by atoms with Crippen LogP contribution in [0, 0.1) is 0 Å². The third-order valence-corrected chi connectivity index (χ3v) is 4.01. The molecule has 1 aliphatic rings. The van der Waals surface area contributed by atoms with Crippen LogP contribution in [0.4, 0.5) is 0 Å². The van der Waals surface area contributed by atoms with Crippen LogP contribution in [0.25, 0.3) is 11.1 Å². The monoisotopic (exact) mass is 377 g/mol. The summed E-state index contributed by atoms with van der Waals surface area (Å²) in [5.74, 6) is 0. The van der Waals surface area contributed by atoms with Gasteiger partial charge in [0, 0.05) is 0 Å². The molecule has 0 aromatic heterocycles. The summed E-state index contributed by atoms with van der Waals surface area (Å²) in [6, 6.07) is 21.4. The fourth-order valence-electron chi connectivity index (χ4n) is 2.37. The van der Waals surface area contributed by atoms with Crippen LogP contribution in [0.5, 0.6) is 0 Å². The van der Waals surface area contributed by atoms with Gasteiger partial charge in [0.2, 0.25) is 0 Å². The second kappa shape index (κ2) is 7.98. The number of rotatable bonds is 2. The van der Waals surface area contributed by atoms with E-state index in [4.69, 9.17) is 0 Å².